The van der Waals surface area contributed by atoms with Crippen molar-refractivity contribution in [2.24, 2.45) is 0 Å². The van der Waals surface area contributed by atoms with Crippen LogP contribution in [0.1, 0.15) is 26.3 Å². The molecule has 4 heteroatoms. The molecule has 0 radical (unpaired) electrons. The molecule has 2 rings (SSSR count). The molecule has 2 aromatic carbocycles. The lowest BCUT2D eigenvalue weighted by Gasteiger charge is -2.15. The minimum atomic E-state index is 0.166. The van der Waals surface area contributed by atoms with Gasteiger partial charge in [-0.2, -0.15) is 0 Å². The first-order valence-electron chi connectivity index (χ1n) is 8.48. The quantitative estimate of drug-likeness (QED) is 0.651. The number of para-hydroxylation sites is 1. The highest BCUT2D eigenvalue weighted by atomic mass is 16.5. The maximum Gasteiger partial charge on any atom is 0.124 e. The smallest absolute Gasteiger partial charge is 0.124 e. The summed E-state index contributed by atoms with van der Waals surface area (Å²) in [5.41, 5.74) is 2.19. The van der Waals surface area contributed by atoms with Crippen LogP contribution in [0.3, 0.4) is 0 Å². The average molecular weight is 329 g/mol. The van der Waals surface area contributed by atoms with E-state index in [4.69, 9.17) is 14.2 Å². The van der Waals surface area contributed by atoms with Crippen molar-refractivity contribution in [3.8, 4) is 11.5 Å². The molecule has 0 aliphatic rings. The zero-order chi connectivity index (χ0) is 17.2. The molecule has 0 spiro atoms. The Morgan fingerprint density at radius 3 is 2.42 bits per heavy atom. The molecule has 0 fully saturated rings. The van der Waals surface area contributed by atoms with Crippen LogP contribution >= 0.6 is 0 Å². The lowest BCUT2D eigenvalue weighted by atomic mass is 10.2. The fourth-order valence-corrected chi connectivity index (χ4v) is 2.25. The summed E-state index contributed by atoms with van der Waals surface area (Å²) in [6.45, 7) is 8.67. The topological polar surface area (TPSA) is 39.7 Å². The molecule has 24 heavy (non-hydrogen) atoms. The predicted molar refractivity (Wildman–Crippen MR) is 98.0 cm³/mol. The summed E-state index contributed by atoms with van der Waals surface area (Å²) in [5.74, 6) is 1.78. The first kappa shape index (κ1) is 18.1. The standard InChI is InChI=1S/C20H27NO3/c1-4-22-13-14-23-19-11-9-18(10-12-19)21-15-17-7-5-6-8-20(17)24-16(2)3/h5-12,16,21H,4,13-15H2,1-3H3. The van der Waals surface area contributed by atoms with Gasteiger partial charge in [-0.15, -0.1) is 0 Å². The highest BCUT2D eigenvalue weighted by molar-refractivity contribution is 5.48. The molecule has 0 aromatic heterocycles. The van der Waals surface area contributed by atoms with Crippen LogP contribution in [0.25, 0.3) is 0 Å². The van der Waals surface area contributed by atoms with Gasteiger partial charge in [0.2, 0.25) is 0 Å². The Labute approximate surface area is 144 Å². The van der Waals surface area contributed by atoms with Crippen molar-refractivity contribution >= 4 is 5.69 Å². The van der Waals surface area contributed by atoms with Crippen molar-refractivity contribution in [1.82, 2.24) is 0 Å². The molecule has 4 nitrogen and oxygen atoms in total. The van der Waals surface area contributed by atoms with Gasteiger partial charge in [0.1, 0.15) is 18.1 Å². The third-order valence-corrected chi connectivity index (χ3v) is 3.37. The normalized spacial score (nSPS) is 10.7. The number of nitrogens with one attached hydrogen (secondary N) is 1. The van der Waals surface area contributed by atoms with Crippen LogP contribution in [0.2, 0.25) is 0 Å². The van der Waals surface area contributed by atoms with Crippen LogP contribution in [-0.2, 0) is 11.3 Å². The molecule has 0 unspecified atom stereocenters. The summed E-state index contributed by atoms with van der Waals surface area (Å²) in [6.07, 6.45) is 0.166. The molecule has 0 saturated carbocycles. The monoisotopic (exact) mass is 329 g/mol. The molecule has 0 bridgehead atoms. The number of hydrogen-bond acceptors (Lipinski definition) is 4. The van der Waals surface area contributed by atoms with Crippen molar-refractivity contribution in [2.45, 2.75) is 33.4 Å². The average Bonchev–Trinajstić information content (AvgIpc) is 2.58. The van der Waals surface area contributed by atoms with Crippen LogP contribution in [-0.4, -0.2) is 25.9 Å². The van der Waals surface area contributed by atoms with E-state index in [1.807, 2.05) is 63.2 Å². The number of hydrogen-bond donors (Lipinski definition) is 1. The summed E-state index contributed by atoms with van der Waals surface area (Å²) in [4.78, 5) is 0. The Balaban J connectivity index is 1.86. The largest absolute Gasteiger partial charge is 0.491 e. The fourth-order valence-electron chi connectivity index (χ4n) is 2.25. The Morgan fingerprint density at radius 2 is 1.71 bits per heavy atom. The highest BCUT2D eigenvalue weighted by Crippen LogP contribution is 2.22. The summed E-state index contributed by atoms with van der Waals surface area (Å²) in [6, 6.07) is 16.1. The molecule has 0 atom stereocenters. The second kappa shape index (κ2) is 9.83. The second-order valence-corrected chi connectivity index (χ2v) is 5.70. The van der Waals surface area contributed by atoms with Gasteiger partial charge in [0.25, 0.3) is 0 Å². The third kappa shape index (κ3) is 6.13. The summed E-state index contributed by atoms with van der Waals surface area (Å²) < 4.78 is 16.7. The Kier molecular flexibility index (Phi) is 7.43. The number of benzene rings is 2. The molecule has 0 aliphatic heterocycles. The lowest BCUT2D eigenvalue weighted by molar-refractivity contribution is 0.110. The first-order chi connectivity index (χ1) is 11.7. The van der Waals surface area contributed by atoms with E-state index in [2.05, 4.69) is 11.4 Å². The van der Waals surface area contributed by atoms with Crippen LogP contribution in [0.5, 0.6) is 11.5 Å². The van der Waals surface area contributed by atoms with Crippen molar-refractivity contribution in [3.05, 3.63) is 54.1 Å². The van der Waals surface area contributed by atoms with Gasteiger partial charge in [0.15, 0.2) is 0 Å². The number of ether oxygens (including phenoxy) is 3. The van der Waals surface area contributed by atoms with Crippen molar-refractivity contribution in [2.75, 3.05) is 25.1 Å². The maximum atomic E-state index is 5.85. The van der Waals surface area contributed by atoms with Gasteiger partial charge in [-0.3, -0.25) is 0 Å². The molecule has 130 valence electrons. The van der Waals surface area contributed by atoms with E-state index >= 15 is 0 Å². The minimum absolute atomic E-state index is 0.166. The van der Waals surface area contributed by atoms with Gasteiger partial charge in [0, 0.05) is 24.4 Å². The van der Waals surface area contributed by atoms with Crippen LogP contribution in [0, 0.1) is 0 Å². The lowest BCUT2D eigenvalue weighted by Crippen LogP contribution is -2.09. The van der Waals surface area contributed by atoms with E-state index in [1.165, 1.54) is 0 Å². The predicted octanol–water partition coefficient (Wildman–Crippen LogP) is 4.50. The maximum absolute atomic E-state index is 5.85. The Bertz CT molecular complexity index is 596. The molecule has 0 amide bonds. The summed E-state index contributed by atoms with van der Waals surface area (Å²) in [5, 5.41) is 3.42. The van der Waals surface area contributed by atoms with E-state index in [0.717, 1.165) is 22.7 Å². The third-order valence-electron chi connectivity index (χ3n) is 3.37. The van der Waals surface area contributed by atoms with Gasteiger partial charge in [-0.05, 0) is 51.1 Å². The summed E-state index contributed by atoms with van der Waals surface area (Å²) >= 11 is 0. The van der Waals surface area contributed by atoms with Gasteiger partial charge in [0.05, 0.1) is 12.7 Å². The number of anilines is 1. The van der Waals surface area contributed by atoms with E-state index in [1.54, 1.807) is 0 Å². The van der Waals surface area contributed by atoms with Crippen molar-refractivity contribution in [1.29, 1.82) is 0 Å². The molecular weight excluding hydrogens is 302 g/mol. The van der Waals surface area contributed by atoms with Gasteiger partial charge < -0.3 is 19.5 Å². The Hall–Kier alpha value is -2.20. The zero-order valence-electron chi connectivity index (χ0n) is 14.7. The summed E-state index contributed by atoms with van der Waals surface area (Å²) in [7, 11) is 0. The van der Waals surface area contributed by atoms with E-state index < -0.39 is 0 Å². The van der Waals surface area contributed by atoms with E-state index in [0.29, 0.717) is 26.4 Å². The zero-order valence-corrected chi connectivity index (χ0v) is 14.7. The highest BCUT2D eigenvalue weighted by Gasteiger charge is 2.05. The molecule has 0 saturated heterocycles. The van der Waals surface area contributed by atoms with Crippen LogP contribution < -0.4 is 14.8 Å². The molecular formula is C20H27NO3. The van der Waals surface area contributed by atoms with Gasteiger partial charge in [-0.25, -0.2) is 0 Å². The van der Waals surface area contributed by atoms with Crippen LogP contribution in [0.4, 0.5) is 5.69 Å². The minimum Gasteiger partial charge on any atom is -0.491 e. The van der Waals surface area contributed by atoms with Gasteiger partial charge in [-0.1, -0.05) is 18.2 Å². The molecule has 2 aromatic rings. The van der Waals surface area contributed by atoms with E-state index in [-0.39, 0.29) is 6.10 Å². The SMILES string of the molecule is CCOCCOc1ccc(NCc2ccccc2OC(C)C)cc1. The van der Waals surface area contributed by atoms with Gasteiger partial charge >= 0.3 is 0 Å². The number of rotatable bonds is 10. The first-order valence-corrected chi connectivity index (χ1v) is 8.48. The van der Waals surface area contributed by atoms with Crippen LogP contribution in [0.15, 0.2) is 48.5 Å². The Morgan fingerprint density at radius 1 is 0.958 bits per heavy atom. The molecule has 1 N–H and O–H groups in total. The second-order valence-electron chi connectivity index (χ2n) is 5.70. The van der Waals surface area contributed by atoms with E-state index in [9.17, 15) is 0 Å². The molecule has 0 aliphatic carbocycles. The molecule has 0 heterocycles. The van der Waals surface area contributed by atoms with Crippen molar-refractivity contribution < 1.29 is 14.2 Å². The fraction of sp³-hybridized carbons (Fsp3) is 0.400. The van der Waals surface area contributed by atoms with Crippen molar-refractivity contribution in [3.63, 3.8) is 0 Å².